The molecule has 0 unspecified atom stereocenters. The van der Waals surface area contributed by atoms with E-state index in [9.17, 15) is 14.4 Å². The molecule has 0 spiro atoms. The molecule has 1 aromatic carbocycles. The molecule has 0 radical (unpaired) electrons. The summed E-state index contributed by atoms with van der Waals surface area (Å²) in [6.45, 7) is 3.87. The maximum Gasteiger partial charge on any atom is 0.338 e. The molecule has 0 saturated carbocycles. The van der Waals surface area contributed by atoms with Crippen molar-refractivity contribution in [1.82, 2.24) is 0 Å². The standard InChI is InChI=1S/C18H17NO5/c1-3-23-17(22)10-4-6-11(7-5-10)19-15(20)13-12-8-9-18(2,24-12)14(13)16(19)21/h4-9,12-14H,3H2,1-2H3/t12-,13-,14+,18+/m1/s1. The Hall–Kier alpha value is -2.47. The van der Waals surface area contributed by atoms with Crippen LogP contribution in [0.4, 0.5) is 5.69 Å². The number of fused-ring (bicyclic) bond motifs is 5. The van der Waals surface area contributed by atoms with Crippen LogP contribution < -0.4 is 4.90 Å². The summed E-state index contributed by atoms with van der Waals surface area (Å²) in [5.74, 6) is -1.86. The van der Waals surface area contributed by atoms with Crippen LogP contribution in [-0.4, -0.2) is 36.1 Å². The lowest BCUT2D eigenvalue weighted by atomic mass is 9.78. The number of nitrogens with zero attached hydrogens (tertiary/aromatic N) is 1. The first kappa shape index (κ1) is 15.1. The summed E-state index contributed by atoms with van der Waals surface area (Å²) >= 11 is 0. The van der Waals surface area contributed by atoms with Crippen LogP contribution in [0, 0.1) is 11.8 Å². The van der Waals surface area contributed by atoms with Crippen LogP contribution in [0.3, 0.4) is 0 Å². The second-order valence-corrected chi connectivity index (χ2v) is 6.41. The van der Waals surface area contributed by atoms with E-state index in [1.165, 1.54) is 4.90 Å². The molecule has 6 nitrogen and oxygen atoms in total. The molecule has 0 N–H and O–H groups in total. The first-order valence-corrected chi connectivity index (χ1v) is 7.98. The van der Waals surface area contributed by atoms with Crippen LogP contribution in [0.2, 0.25) is 0 Å². The Balaban J connectivity index is 1.63. The fraction of sp³-hybridized carbons (Fsp3) is 0.389. The highest BCUT2D eigenvalue weighted by atomic mass is 16.5. The van der Waals surface area contributed by atoms with Gasteiger partial charge in [0.1, 0.15) is 0 Å². The predicted octanol–water partition coefficient (Wildman–Crippen LogP) is 1.70. The van der Waals surface area contributed by atoms with Gasteiger partial charge in [-0.15, -0.1) is 0 Å². The summed E-state index contributed by atoms with van der Waals surface area (Å²) < 4.78 is 10.7. The van der Waals surface area contributed by atoms with Crippen molar-refractivity contribution in [3.63, 3.8) is 0 Å². The Morgan fingerprint density at radius 1 is 1.25 bits per heavy atom. The van der Waals surface area contributed by atoms with Crippen LogP contribution in [0.1, 0.15) is 24.2 Å². The molecule has 3 aliphatic rings. The summed E-state index contributed by atoms with van der Waals surface area (Å²) in [4.78, 5) is 38.5. The van der Waals surface area contributed by atoms with Gasteiger partial charge in [0.15, 0.2) is 0 Å². The summed E-state index contributed by atoms with van der Waals surface area (Å²) in [6.07, 6.45) is 3.40. The van der Waals surface area contributed by atoms with Gasteiger partial charge in [-0.25, -0.2) is 9.69 Å². The highest BCUT2D eigenvalue weighted by molar-refractivity contribution is 6.23. The number of carbonyl (C=O) groups is 3. The molecule has 4 rings (SSSR count). The summed E-state index contributed by atoms with van der Waals surface area (Å²) in [6, 6.07) is 6.32. The van der Waals surface area contributed by atoms with Gasteiger partial charge in [-0.2, -0.15) is 0 Å². The van der Waals surface area contributed by atoms with E-state index in [2.05, 4.69) is 0 Å². The Morgan fingerprint density at radius 3 is 2.58 bits per heavy atom. The summed E-state index contributed by atoms with van der Waals surface area (Å²) in [7, 11) is 0. The van der Waals surface area contributed by atoms with Gasteiger partial charge in [-0.1, -0.05) is 12.2 Å². The van der Waals surface area contributed by atoms with Crippen molar-refractivity contribution >= 4 is 23.5 Å². The third-order valence-corrected chi connectivity index (χ3v) is 4.97. The fourth-order valence-electron chi connectivity index (χ4n) is 3.87. The molecule has 2 fully saturated rings. The molecule has 6 heteroatoms. The lowest BCUT2D eigenvalue weighted by Crippen LogP contribution is -2.38. The summed E-state index contributed by atoms with van der Waals surface area (Å²) in [5, 5.41) is 0. The maximum absolute atomic E-state index is 12.8. The van der Waals surface area contributed by atoms with Gasteiger partial charge in [-0.05, 0) is 38.1 Å². The number of esters is 1. The average Bonchev–Trinajstić information content (AvgIpc) is 3.17. The number of ether oxygens (including phenoxy) is 2. The van der Waals surface area contributed by atoms with E-state index in [0.717, 1.165) is 0 Å². The van der Waals surface area contributed by atoms with E-state index in [1.54, 1.807) is 31.2 Å². The molecular formula is C18H17NO5. The van der Waals surface area contributed by atoms with Crippen molar-refractivity contribution < 1.29 is 23.9 Å². The number of imide groups is 1. The molecule has 24 heavy (non-hydrogen) atoms. The number of carbonyl (C=O) groups excluding carboxylic acids is 3. The van der Waals surface area contributed by atoms with Crippen molar-refractivity contribution in [3.05, 3.63) is 42.0 Å². The van der Waals surface area contributed by atoms with E-state index in [4.69, 9.17) is 9.47 Å². The SMILES string of the molecule is CCOC(=O)c1ccc(N2C(=O)[C@H]3[C@@H](C2=O)[C@]2(C)C=C[C@H]3O2)cc1. The number of benzene rings is 1. The van der Waals surface area contributed by atoms with Crippen LogP contribution in [0.5, 0.6) is 0 Å². The molecule has 124 valence electrons. The Bertz CT molecular complexity index is 768. The molecular weight excluding hydrogens is 310 g/mol. The largest absolute Gasteiger partial charge is 0.462 e. The normalized spacial score (nSPS) is 33.2. The lowest BCUT2D eigenvalue weighted by Gasteiger charge is -2.24. The molecule has 2 amide bonds. The number of amides is 2. The van der Waals surface area contributed by atoms with Crippen LogP contribution in [0.15, 0.2) is 36.4 Å². The molecule has 3 heterocycles. The van der Waals surface area contributed by atoms with E-state index in [1.807, 2.05) is 19.1 Å². The Labute approximate surface area is 139 Å². The van der Waals surface area contributed by atoms with E-state index < -0.39 is 23.4 Å². The van der Waals surface area contributed by atoms with Crippen molar-refractivity contribution in [2.75, 3.05) is 11.5 Å². The molecule has 0 aliphatic carbocycles. The van der Waals surface area contributed by atoms with Crippen LogP contribution in [0.25, 0.3) is 0 Å². The van der Waals surface area contributed by atoms with Crippen LogP contribution in [-0.2, 0) is 19.1 Å². The second kappa shape index (κ2) is 5.01. The van der Waals surface area contributed by atoms with Gasteiger partial charge in [0, 0.05) is 0 Å². The zero-order valence-corrected chi connectivity index (χ0v) is 13.4. The maximum atomic E-state index is 12.8. The Kier molecular flexibility index (Phi) is 3.15. The minimum Gasteiger partial charge on any atom is -0.462 e. The second-order valence-electron chi connectivity index (χ2n) is 6.41. The fourth-order valence-corrected chi connectivity index (χ4v) is 3.87. The number of hydrogen-bond acceptors (Lipinski definition) is 5. The van der Waals surface area contributed by atoms with E-state index in [0.29, 0.717) is 17.9 Å². The molecule has 3 aliphatic heterocycles. The monoisotopic (exact) mass is 327 g/mol. The zero-order valence-electron chi connectivity index (χ0n) is 13.4. The van der Waals surface area contributed by atoms with Crippen molar-refractivity contribution in [2.45, 2.75) is 25.6 Å². The summed E-state index contributed by atoms with van der Waals surface area (Å²) in [5.41, 5.74) is 0.147. The minimum atomic E-state index is -0.707. The number of anilines is 1. The molecule has 4 atom stereocenters. The Morgan fingerprint density at radius 2 is 1.96 bits per heavy atom. The quantitative estimate of drug-likeness (QED) is 0.480. The smallest absolute Gasteiger partial charge is 0.338 e. The molecule has 2 saturated heterocycles. The van der Waals surface area contributed by atoms with Gasteiger partial charge in [0.05, 0.1) is 41.4 Å². The lowest BCUT2D eigenvalue weighted by molar-refractivity contribution is -0.126. The third-order valence-electron chi connectivity index (χ3n) is 4.97. The first-order chi connectivity index (χ1) is 11.5. The van der Waals surface area contributed by atoms with Gasteiger partial charge < -0.3 is 9.47 Å². The third kappa shape index (κ3) is 1.89. The molecule has 2 bridgehead atoms. The highest BCUT2D eigenvalue weighted by Gasteiger charge is 2.65. The molecule has 1 aromatic rings. The van der Waals surface area contributed by atoms with Gasteiger partial charge >= 0.3 is 5.97 Å². The van der Waals surface area contributed by atoms with Gasteiger partial charge in [0.25, 0.3) is 0 Å². The van der Waals surface area contributed by atoms with Crippen molar-refractivity contribution in [1.29, 1.82) is 0 Å². The highest BCUT2D eigenvalue weighted by Crippen LogP contribution is 2.52. The van der Waals surface area contributed by atoms with E-state index >= 15 is 0 Å². The number of rotatable bonds is 3. The van der Waals surface area contributed by atoms with Crippen molar-refractivity contribution in [2.24, 2.45) is 11.8 Å². The topological polar surface area (TPSA) is 72.9 Å². The predicted molar refractivity (Wildman–Crippen MR) is 84.3 cm³/mol. The van der Waals surface area contributed by atoms with Gasteiger partial charge in [0.2, 0.25) is 11.8 Å². The minimum absolute atomic E-state index is 0.244. The number of hydrogen-bond donors (Lipinski definition) is 0. The molecule has 0 aromatic heterocycles. The van der Waals surface area contributed by atoms with Crippen molar-refractivity contribution in [3.8, 4) is 0 Å². The zero-order chi connectivity index (χ0) is 17.1. The van der Waals surface area contributed by atoms with Gasteiger partial charge in [-0.3, -0.25) is 9.59 Å². The van der Waals surface area contributed by atoms with E-state index in [-0.39, 0.29) is 17.9 Å². The first-order valence-electron chi connectivity index (χ1n) is 7.98. The average molecular weight is 327 g/mol. The van der Waals surface area contributed by atoms with Crippen LogP contribution >= 0.6 is 0 Å².